The smallest absolute Gasteiger partial charge is 0.329 e. The van der Waals surface area contributed by atoms with Crippen molar-refractivity contribution in [2.24, 2.45) is 0 Å². The molecular formula is C15H13BrClNO5S. The second-order valence-corrected chi connectivity index (χ2v) is 7.07. The maximum absolute atomic E-state index is 12.4. The third-order valence-corrected chi connectivity index (χ3v) is 4.95. The molecule has 2 amide bonds. The maximum Gasteiger partial charge on any atom is 0.329 e. The van der Waals surface area contributed by atoms with Crippen LogP contribution in [-0.2, 0) is 14.3 Å². The summed E-state index contributed by atoms with van der Waals surface area (Å²) in [6, 6.07) is 2.02. The number of hydrogen-bond donors (Lipinski definition) is 1. The standard InChI is InChI=1S/C15H13BrClNO5S/c1-3-23-14(21)7(2)18-13(20)11(24-15(18)22)6-8-4-9(16)12(19)10(17)5-8/h4-7,19H,3H2,1-2H3/b11-6+. The average Bonchev–Trinajstić information content (AvgIpc) is 2.78. The van der Waals surface area contributed by atoms with Gasteiger partial charge in [0.05, 0.1) is 21.0 Å². The number of nitrogens with zero attached hydrogens (tertiary/aromatic N) is 1. The van der Waals surface area contributed by atoms with Gasteiger partial charge in [0, 0.05) is 0 Å². The van der Waals surface area contributed by atoms with Crippen LogP contribution in [-0.4, -0.2) is 39.8 Å². The van der Waals surface area contributed by atoms with E-state index in [1.165, 1.54) is 19.1 Å². The van der Waals surface area contributed by atoms with Gasteiger partial charge < -0.3 is 9.84 Å². The van der Waals surface area contributed by atoms with Crippen molar-refractivity contribution >= 4 is 62.5 Å². The Labute approximate surface area is 155 Å². The van der Waals surface area contributed by atoms with Crippen LogP contribution in [0.25, 0.3) is 6.08 Å². The molecule has 1 aromatic rings. The van der Waals surface area contributed by atoms with E-state index in [9.17, 15) is 19.5 Å². The van der Waals surface area contributed by atoms with Crippen molar-refractivity contribution in [2.45, 2.75) is 19.9 Å². The van der Waals surface area contributed by atoms with Crippen molar-refractivity contribution in [1.82, 2.24) is 4.90 Å². The molecule has 1 aromatic carbocycles. The minimum absolute atomic E-state index is 0.106. The Morgan fingerprint density at radius 2 is 2.17 bits per heavy atom. The lowest BCUT2D eigenvalue weighted by Crippen LogP contribution is -2.42. The van der Waals surface area contributed by atoms with Gasteiger partial charge in [0.25, 0.3) is 11.1 Å². The first-order valence-corrected chi connectivity index (χ1v) is 8.86. The van der Waals surface area contributed by atoms with E-state index >= 15 is 0 Å². The lowest BCUT2D eigenvalue weighted by molar-refractivity contribution is -0.150. The first kappa shape index (κ1) is 18.8. The lowest BCUT2D eigenvalue weighted by Gasteiger charge is -2.19. The predicted molar refractivity (Wildman–Crippen MR) is 94.7 cm³/mol. The maximum atomic E-state index is 12.4. The van der Waals surface area contributed by atoms with Crippen LogP contribution in [0.5, 0.6) is 5.75 Å². The number of esters is 1. The number of halogens is 2. The summed E-state index contributed by atoms with van der Waals surface area (Å²) in [5.74, 6) is -1.33. The van der Waals surface area contributed by atoms with E-state index < -0.39 is 23.2 Å². The summed E-state index contributed by atoms with van der Waals surface area (Å²) in [6.45, 7) is 3.24. The Morgan fingerprint density at radius 1 is 1.50 bits per heavy atom. The van der Waals surface area contributed by atoms with Crippen LogP contribution >= 0.6 is 39.3 Å². The van der Waals surface area contributed by atoms with Crippen LogP contribution in [0.15, 0.2) is 21.5 Å². The molecule has 1 fully saturated rings. The number of carbonyl (C=O) groups excluding carboxylic acids is 3. The summed E-state index contributed by atoms with van der Waals surface area (Å²) >= 11 is 9.76. The van der Waals surface area contributed by atoms with Gasteiger partial charge in [-0.05, 0) is 65.3 Å². The Kier molecular flexibility index (Phi) is 5.95. The van der Waals surface area contributed by atoms with Crippen molar-refractivity contribution in [3.05, 3.63) is 32.1 Å². The summed E-state index contributed by atoms with van der Waals surface area (Å²) in [6.07, 6.45) is 1.47. The number of phenolic OH excluding ortho intramolecular Hbond substituents is 1. The van der Waals surface area contributed by atoms with Crippen molar-refractivity contribution in [1.29, 1.82) is 0 Å². The molecule has 1 atom stereocenters. The highest BCUT2D eigenvalue weighted by Crippen LogP contribution is 2.37. The summed E-state index contributed by atoms with van der Waals surface area (Å²) < 4.78 is 5.21. The molecule has 0 aromatic heterocycles. The summed E-state index contributed by atoms with van der Waals surface area (Å²) in [5.41, 5.74) is 0.527. The molecule has 2 rings (SSSR count). The van der Waals surface area contributed by atoms with Gasteiger partial charge in [-0.2, -0.15) is 0 Å². The van der Waals surface area contributed by atoms with Gasteiger partial charge in [-0.25, -0.2) is 4.79 Å². The molecule has 0 saturated carbocycles. The second-order valence-electron chi connectivity index (χ2n) is 4.81. The number of thioether (sulfide) groups is 1. The van der Waals surface area contributed by atoms with E-state index in [4.69, 9.17) is 16.3 Å². The number of phenols is 1. The third-order valence-electron chi connectivity index (χ3n) is 3.18. The zero-order valence-electron chi connectivity index (χ0n) is 12.7. The van der Waals surface area contributed by atoms with Crippen LogP contribution in [0.1, 0.15) is 19.4 Å². The van der Waals surface area contributed by atoms with E-state index in [2.05, 4.69) is 15.9 Å². The largest absolute Gasteiger partial charge is 0.505 e. The van der Waals surface area contributed by atoms with Crippen LogP contribution in [0.4, 0.5) is 4.79 Å². The van der Waals surface area contributed by atoms with Crippen molar-refractivity contribution in [3.63, 3.8) is 0 Å². The molecule has 6 nitrogen and oxygen atoms in total. The number of amides is 2. The van der Waals surface area contributed by atoms with Crippen molar-refractivity contribution in [3.8, 4) is 5.75 Å². The molecule has 0 bridgehead atoms. The molecule has 128 valence electrons. The molecule has 1 aliphatic heterocycles. The molecule has 0 radical (unpaired) electrons. The molecule has 1 N–H and O–H groups in total. The van der Waals surface area contributed by atoms with Gasteiger partial charge in [0.1, 0.15) is 11.8 Å². The molecule has 1 heterocycles. The molecule has 1 unspecified atom stereocenters. The fraction of sp³-hybridized carbons (Fsp3) is 0.267. The molecule has 24 heavy (non-hydrogen) atoms. The van der Waals surface area contributed by atoms with Gasteiger partial charge in [-0.3, -0.25) is 14.5 Å². The minimum atomic E-state index is -1.00. The van der Waals surface area contributed by atoms with E-state index in [0.29, 0.717) is 10.0 Å². The van der Waals surface area contributed by atoms with Crippen molar-refractivity contribution < 1.29 is 24.2 Å². The third kappa shape index (κ3) is 3.76. The second kappa shape index (κ2) is 7.58. The number of ether oxygens (including phenoxy) is 1. The Balaban J connectivity index is 2.30. The molecule has 1 aliphatic rings. The lowest BCUT2D eigenvalue weighted by atomic mass is 10.2. The highest BCUT2D eigenvalue weighted by Gasteiger charge is 2.41. The molecule has 0 spiro atoms. The Hall–Kier alpha value is -1.51. The molecule has 9 heteroatoms. The van der Waals surface area contributed by atoms with E-state index in [0.717, 1.165) is 16.7 Å². The van der Waals surface area contributed by atoms with E-state index in [-0.39, 0.29) is 22.3 Å². The topological polar surface area (TPSA) is 83.9 Å². The Morgan fingerprint density at radius 3 is 2.75 bits per heavy atom. The summed E-state index contributed by atoms with van der Waals surface area (Å²) in [7, 11) is 0. The molecule has 1 saturated heterocycles. The number of imide groups is 1. The number of rotatable bonds is 4. The fourth-order valence-electron chi connectivity index (χ4n) is 2.00. The molecule has 0 aliphatic carbocycles. The predicted octanol–water partition coefficient (Wildman–Crippen LogP) is 3.80. The number of hydrogen-bond acceptors (Lipinski definition) is 6. The van der Waals surface area contributed by atoms with Gasteiger partial charge in [0.15, 0.2) is 0 Å². The first-order chi connectivity index (χ1) is 11.3. The van der Waals surface area contributed by atoms with E-state index in [1.54, 1.807) is 13.0 Å². The quantitative estimate of drug-likeness (QED) is 0.573. The SMILES string of the molecule is CCOC(=O)C(C)N1C(=O)S/C(=C/c2cc(Cl)c(O)c(Br)c2)C1=O. The monoisotopic (exact) mass is 433 g/mol. The zero-order valence-corrected chi connectivity index (χ0v) is 15.9. The highest BCUT2D eigenvalue weighted by atomic mass is 79.9. The van der Waals surface area contributed by atoms with Gasteiger partial charge in [0.2, 0.25) is 0 Å². The highest BCUT2D eigenvalue weighted by molar-refractivity contribution is 9.10. The Bertz CT molecular complexity index is 728. The molecular weight excluding hydrogens is 422 g/mol. The normalized spacial score (nSPS) is 17.5. The van der Waals surface area contributed by atoms with E-state index in [1.807, 2.05) is 0 Å². The van der Waals surface area contributed by atoms with Crippen molar-refractivity contribution in [2.75, 3.05) is 6.61 Å². The van der Waals surface area contributed by atoms with Crippen LogP contribution < -0.4 is 0 Å². The van der Waals surface area contributed by atoms with Crippen LogP contribution in [0.2, 0.25) is 5.02 Å². The van der Waals surface area contributed by atoms with Gasteiger partial charge >= 0.3 is 5.97 Å². The van der Waals surface area contributed by atoms with Gasteiger partial charge in [-0.15, -0.1) is 0 Å². The van der Waals surface area contributed by atoms with Crippen LogP contribution in [0.3, 0.4) is 0 Å². The zero-order chi connectivity index (χ0) is 18.0. The average molecular weight is 435 g/mol. The number of aromatic hydroxyl groups is 1. The van der Waals surface area contributed by atoms with Crippen LogP contribution in [0, 0.1) is 0 Å². The minimum Gasteiger partial charge on any atom is -0.505 e. The summed E-state index contributed by atoms with van der Waals surface area (Å²) in [4.78, 5) is 37.3. The fourth-order valence-corrected chi connectivity index (χ4v) is 3.73. The first-order valence-electron chi connectivity index (χ1n) is 6.88. The van der Waals surface area contributed by atoms with Gasteiger partial charge in [-0.1, -0.05) is 11.6 Å². The number of carbonyl (C=O) groups is 3. The number of benzene rings is 1. The summed E-state index contributed by atoms with van der Waals surface area (Å²) in [5, 5.41) is 9.19.